The van der Waals surface area contributed by atoms with Crippen molar-refractivity contribution in [2.45, 2.75) is 32.2 Å². The van der Waals surface area contributed by atoms with E-state index >= 15 is 0 Å². The molecule has 0 saturated heterocycles. The first-order chi connectivity index (χ1) is 10.2. The smallest absolute Gasteiger partial charge is 0.0577 e. The summed E-state index contributed by atoms with van der Waals surface area (Å²) < 4.78 is 1.10. The Morgan fingerprint density at radius 2 is 1.81 bits per heavy atom. The van der Waals surface area contributed by atoms with Crippen molar-refractivity contribution >= 4 is 34.2 Å². The van der Waals surface area contributed by atoms with E-state index in [2.05, 4.69) is 71.2 Å². The molecule has 0 saturated carbocycles. The molecule has 21 heavy (non-hydrogen) atoms. The molecule has 0 spiro atoms. The van der Waals surface area contributed by atoms with Crippen LogP contribution in [0.1, 0.15) is 41.6 Å². The molecular weight excluding hydrogens is 393 g/mol. The van der Waals surface area contributed by atoms with Gasteiger partial charge in [0.1, 0.15) is 0 Å². The second kappa shape index (κ2) is 6.67. The maximum atomic E-state index is 6.30. The first-order valence-electron chi connectivity index (χ1n) is 7.49. The highest BCUT2D eigenvalue weighted by molar-refractivity contribution is 14.1. The molecule has 0 fully saturated rings. The molecule has 1 N–H and O–H groups in total. The standard InChI is InChI=1S/C18H19ClIN/c1-2-21-18(15-8-9-17(20)16(19)11-15)14-7-6-12-4-3-5-13(12)10-14/h6-11,18,21H,2-5H2,1H3. The third kappa shape index (κ3) is 3.27. The molecule has 3 heteroatoms. The number of hydrogen-bond donors (Lipinski definition) is 1. The third-order valence-corrected chi connectivity index (χ3v) is 5.71. The van der Waals surface area contributed by atoms with E-state index in [1.165, 1.54) is 41.5 Å². The van der Waals surface area contributed by atoms with Gasteiger partial charge in [0.05, 0.1) is 11.1 Å². The molecule has 1 nitrogen and oxygen atoms in total. The van der Waals surface area contributed by atoms with Gasteiger partial charge in [-0.05, 0) is 82.8 Å². The Kier molecular flexibility index (Phi) is 4.87. The molecular formula is C18H19ClIN. The lowest BCUT2D eigenvalue weighted by Crippen LogP contribution is -2.22. The normalized spacial score (nSPS) is 15.0. The van der Waals surface area contributed by atoms with Crippen molar-refractivity contribution in [3.63, 3.8) is 0 Å². The largest absolute Gasteiger partial charge is 0.307 e. The Bertz CT molecular complexity index is 654. The lowest BCUT2D eigenvalue weighted by atomic mass is 9.95. The highest BCUT2D eigenvalue weighted by Crippen LogP contribution is 2.30. The Labute approximate surface area is 145 Å². The summed E-state index contributed by atoms with van der Waals surface area (Å²) in [4.78, 5) is 0. The van der Waals surface area contributed by atoms with E-state index in [4.69, 9.17) is 11.6 Å². The van der Waals surface area contributed by atoms with Crippen molar-refractivity contribution < 1.29 is 0 Å². The van der Waals surface area contributed by atoms with E-state index in [1.807, 2.05) is 0 Å². The monoisotopic (exact) mass is 411 g/mol. The van der Waals surface area contributed by atoms with Crippen LogP contribution in [0.5, 0.6) is 0 Å². The Balaban J connectivity index is 1.99. The van der Waals surface area contributed by atoms with Crippen LogP contribution in [0.3, 0.4) is 0 Å². The highest BCUT2D eigenvalue weighted by Gasteiger charge is 2.17. The van der Waals surface area contributed by atoms with Crippen LogP contribution in [-0.4, -0.2) is 6.54 Å². The Morgan fingerprint density at radius 1 is 1.10 bits per heavy atom. The molecule has 1 aliphatic rings. The summed E-state index contributed by atoms with van der Waals surface area (Å²) in [5.41, 5.74) is 5.62. The van der Waals surface area contributed by atoms with Gasteiger partial charge in [-0.3, -0.25) is 0 Å². The van der Waals surface area contributed by atoms with Gasteiger partial charge in [0, 0.05) is 3.57 Å². The minimum atomic E-state index is 0.218. The summed E-state index contributed by atoms with van der Waals surface area (Å²) in [6, 6.07) is 13.5. The van der Waals surface area contributed by atoms with Gasteiger partial charge >= 0.3 is 0 Å². The van der Waals surface area contributed by atoms with E-state index in [9.17, 15) is 0 Å². The molecule has 1 atom stereocenters. The Morgan fingerprint density at radius 3 is 2.57 bits per heavy atom. The topological polar surface area (TPSA) is 12.0 Å². The fourth-order valence-corrected chi connectivity index (χ4v) is 3.62. The summed E-state index contributed by atoms with van der Waals surface area (Å²) in [6.45, 7) is 3.08. The molecule has 0 bridgehead atoms. The zero-order valence-electron chi connectivity index (χ0n) is 12.1. The van der Waals surface area contributed by atoms with Gasteiger partial charge in [-0.2, -0.15) is 0 Å². The second-order valence-electron chi connectivity index (χ2n) is 5.55. The Hall–Kier alpha value is -0.580. The van der Waals surface area contributed by atoms with E-state index in [1.54, 1.807) is 0 Å². The van der Waals surface area contributed by atoms with Crippen molar-refractivity contribution in [2.75, 3.05) is 6.54 Å². The van der Waals surface area contributed by atoms with E-state index in [0.29, 0.717) is 0 Å². The number of hydrogen-bond acceptors (Lipinski definition) is 1. The van der Waals surface area contributed by atoms with Crippen LogP contribution < -0.4 is 5.32 Å². The maximum absolute atomic E-state index is 6.30. The van der Waals surface area contributed by atoms with Crippen LogP contribution in [0.25, 0.3) is 0 Å². The predicted molar refractivity (Wildman–Crippen MR) is 98.2 cm³/mol. The van der Waals surface area contributed by atoms with E-state index < -0.39 is 0 Å². The third-order valence-electron chi connectivity index (χ3n) is 4.14. The molecule has 0 aliphatic heterocycles. The van der Waals surface area contributed by atoms with Gasteiger partial charge in [-0.1, -0.05) is 42.8 Å². The molecule has 0 amide bonds. The zero-order valence-corrected chi connectivity index (χ0v) is 15.0. The molecule has 0 heterocycles. The maximum Gasteiger partial charge on any atom is 0.0577 e. The zero-order chi connectivity index (χ0) is 14.8. The minimum Gasteiger partial charge on any atom is -0.307 e. The lowest BCUT2D eigenvalue weighted by molar-refractivity contribution is 0.630. The first kappa shape index (κ1) is 15.3. The predicted octanol–water partition coefficient (Wildman–Crippen LogP) is 5.13. The first-order valence-corrected chi connectivity index (χ1v) is 8.94. The van der Waals surface area contributed by atoms with Gasteiger partial charge < -0.3 is 5.32 Å². The van der Waals surface area contributed by atoms with E-state index in [0.717, 1.165) is 15.1 Å². The van der Waals surface area contributed by atoms with Gasteiger partial charge in [0.15, 0.2) is 0 Å². The summed E-state index contributed by atoms with van der Waals surface area (Å²) in [7, 11) is 0. The summed E-state index contributed by atoms with van der Waals surface area (Å²) >= 11 is 8.58. The van der Waals surface area contributed by atoms with Crippen LogP contribution in [0, 0.1) is 3.57 Å². The average molecular weight is 412 g/mol. The number of nitrogens with one attached hydrogen (secondary N) is 1. The average Bonchev–Trinajstić information content (AvgIpc) is 2.95. The molecule has 1 unspecified atom stereocenters. The second-order valence-corrected chi connectivity index (χ2v) is 7.12. The van der Waals surface area contributed by atoms with Crippen LogP contribution in [0.4, 0.5) is 0 Å². The summed E-state index contributed by atoms with van der Waals surface area (Å²) in [5, 5.41) is 4.42. The summed E-state index contributed by atoms with van der Waals surface area (Å²) in [5.74, 6) is 0. The SMILES string of the molecule is CCNC(c1ccc(I)c(Cl)c1)c1ccc2c(c1)CCC2. The van der Waals surface area contributed by atoms with Crippen LogP contribution in [0.2, 0.25) is 5.02 Å². The molecule has 3 rings (SSSR count). The van der Waals surface area contributed by atoms with Gasteiger partial charge in [-0.25, -0.2) is 0 Å². The lowest BCUT2D eigenvalue weighted by Gasteiger charge is -2.20. The van der Waals surface area contributed by atoms with Crippen molar-refractivity contribution in [2.24, 2.45) is 0 Å². The minimum absolute atomic E-state index is 0.218. The van der Waals surface area contributed by atoms with Gasteiger partial charge in [-0.15, -0.1) is 0 Å². The van der Waals surface area contributed by atoms with Crippen LogP contribution in [-0.2, 0) is 12.8 Å². The fourth-order valence-electron chi connectivity index (χ4n) is 3.10. The van der Waals surface area contributed by atoms with Crippen molar-refractivity contribution in [3.05, 3.63) is 67.2 Å². The molecule has 0 aromatic heterocycles. The highest BCUT2D eigenvalue weighted by atomic mass is 127. The number of halogens is 2. The quantitative estimate of drug-likeness (QED) is 0.688. The number of fused-ring (bicyclic) bond motifs is 1. The number of benzene rings is 2. The fraction of sp³-hybridized carbons (Fsp3) is 0.333. The number of rotatable bonds is 4. The van der Waals surface area contributed by atoms with Crippen molar-refractivity contribution in [1.82, 2.24) is 5.32 Å². The molecule has 2 aromatic carbocycles. The van der Waals surface area contributed by atoms with Crippen molar-refractivity contribution in [1.29, 1.82) is 0 Å². The van der Waals surface area contributed by atoms with Gasteiger partial charge in [0.2, 0.25) is 0 Å². The molecule has 0 radical (unpaired) electrons. The number of aryl methyl sites for hydroxylation is 2. The molecule has 110 valence electrons. The molecule has 2 aromatic rings. The van der Waals surface area contributed by atoms with Crippen LogP contribution in [0.15, 0.2) is 36.4 Å². The van der Waals surface area contributed by atoms with Crippen LogP contribution >= 0.6 is 34.2 Å². The van der Waals surface area contributed by atoms with Crippen molar-refractivity contribution in [3.8, 4) is 0 Å². The van der Waals surface area contributed by atoms with Gasteiger partial charge in [0.25, 0.3) is 0 Å². The van der Waals surface area contributed by atoms with E-state index in [-0.39, 0.29) is 6.04 Å². The molecule has 1 aliphatic carbocycles. The summed E-state index contributed by atoms with van der Waals surface area (Å²) in [6.07, 6.45) is 3.74.